The molecule has 0 aromatic heterocycles. The monoisotopic (exact) mass is 417 g/mol. The third kappa shape index (κ3) is 7.12. The van der Waals surface area contributed by atoms with Crippen LogP contribution in [-0.4, -0.2) is 31.2 Å². The van der Waals surface area contributed by atoms with Gasteiger partial charge in [0.2, 0.25) is 0 Å². The summed E-state index contributed by atoms with van der Waals surface area (Å²) in [7, 11) is 0. The van der Waals surface area contributed by atoms with E-state index in [9.17, 15) is 9.59 Å². The number of nitrogens with zero attached hydrogens (tertiary/aromatic N) is 1. The summed E-state index contributed by atoms with van der Waals surface area (Å²) in [5, 5.41) is 6.91. The molecule has 7 nitrogen and oxygen atoms in total. The predicted molar refractivity (Wildman–Crippen MR) is 112 cm³/mol. The molecular formula is C21H24ClN3O4. The number of benzene rings is 2. The van der Waals surface area contributed by atoms with E-state index in [0.29, 0.717) is 41.8 Å². The average molecular weight is 418 g/mol. The molecule has 2 amide bonds. The fourth-order valence-electron chi connectivity index (χ4n) is 2.30. The minimum Gasteiger partial charge on any atom is -0.490 e. The van der Waals surface area contributed by atoms with Crippen molar-refractivity contribution < 1.29 is 19.1 Å². The number of hydrogen-bond donors (Lipinski definition) is 2. The first-order valence-electron chi connectivity index (χ1n) is 9.29. The first-order chi connectivity index (χ1) is 14.0. The zero-order chi connectivity index (χ0) is 21.1. The molecule has 29 heavy (non-hydrogen) atoms. The van der Waals surface area contributed by atoms with E-state index >= 15 is 0 Å². The van der Waals surface area contributed by atoms with Crippen LogP contribution in [0.4, 0.5) is 0 Å². The Morgan fingerprint density at radius 2 is 1.86 bits per heavy atom. The largest absolute Gasteiger partial charge is 0.490 e. The lowest BCUT2D eigenvalue weighted by atomic mass is 10.2. The van der Waals surface area contributed by atoms with Gasteiger partial charge in [0.15, 0.2) is 11.5 Å². The lowest BCUT2D eigenvalue weighted by Crippen LogP contribution is -2.38. The molecule has 8 heteroatoms. The van der Waals surface area contributed by atoms with E-state index in [1.807, 2.05) is 32.0 Å². The van der Waals surface area contributed by atoms with E-state index in [4.69, 9.17) is 21.1 Å². The average Bonchev–Trinajstić information content (AvgIpc) is 2.72. The van der Waals surface area contributed by atoms with E-state index < -0.39 is 11.8 Å². The van der Waals surface area contributed by atoms with Crippen molar-refractivity contribution in [2.45, 2.75) is 26.9 Å². The number of carbonyl (C=O) groups excluding carboxylic acids is 2. The zero-order valence-corrected chi connectivity index (χ0v) is 17.2. The fraction of sp³-hybridized carbons (Fsp3) is 0.286. The van der Waals surface area contributed by atoms with Crippen LogP contribution in [0.15, 0.2) is 47.6 Å². The number of hydrogen-bond acceptors (Lipinski definition) is 5. The van der Waals surface area contributed by atoms with E-state index in [1.165, 1.54) is 6.21 Å². The van der Waals surface area contributed by atoms with E-state index in [-0.39, 0.29) is 0 Å². The molecule has 0 spiro atoms. The highest BCUT2D eigenvalue weighted by Gasteiger charge is 2.11. The number of ether oxygens (including phenoxy) is 2. The van der Waals surface area contributed by atoms with Crippen molar-refractivity contribution in [2.75, 3.05) is 13.2 Å². The summed E-state index contributed by atoms with van der Waals surface area (Å²) >= 11 is 6.16. The molecule has 0 aliphatic heterocycles. The molecule has 0 aliphatic carbocycles. The minimum atomic E-state index is -0.820. The van der Waals surface area contributed by atoms with Crippen LogP contribution in [0.25, 0.3) is 0 Å². The van der Waals surface area contributed by atoms with Gasteiger partial charge in [0.25, 0.3) is 0 Å². The van der Waals surface area contributed by atoms with Gasteiger partial charge in [0.1, 0.15) is 6.61 Å². The lowest BCUT2D eigenvalue weighted by Gasteiger charge is -2.13. The molecule has 2 N–H and O–H groups in total. The third-order valence-corrected chi connectivity index (χ3v) is 4.10. The van der Waals surface area contributed by atoms with Crippen molar-refractivity contribution in [1.82, 2.24) is 10.7 Å². The Morgan fingerprint density at radius 3 is 2.59 bits per heavy atom. The molecule has 0 saturated carbocycles. The summed E-state index contributed by atoms with van der Waals surface area (Å²) in [5.74, 6) is -0.441. The second-order valence-corrected chi connectivity index (χ2v) is 6.38. The van der Waals surface area contributed by atoms with Crippen LogP contribution in [-0.2, 0) is 16.2 Å². The Labute approximate surface area is 175 Å². The summed E-state index contributed by atoms with van der Waals surface area (Å²) in [4.78, 5) is 23.1. The molecule has 2 aromatic carbocycles. The maximum absolute atomic E-state index is 11.6. The Balaban J connectivity index is 2.01. The quantitative estimate of drug-likeness (QED) is 0.372. The Morgan fingerprint density at radius 1 is 1.07 bits per heavy atom. The van der Waals surface area contributed by atoms with Crippen LogP contribution >= 0.6 is 11.6 Å². The number of carbonyl (C=O) groups is 2. The maximum atomic E-state index is 11.6. The van der Waals surface area contributed by atoms with Crippen LogP contribution < -0.4 is 20.2 Å². The highest BCUT2D eigenvalue weighted by Crippen LogP contribution is 2.29. The number of halogens is 1. The summed E-state index contributed by atoms with van der Waals surface area (Å²) in [6.45, 7) is 4.96. The third-order valence-electron chi connectivity index (χ3n) is 3.73. The molecule has 0 heterocycles. The van der Waals surface area contributed by atoms with Gasteiger partial charge in [-0.15, -0.1) is 0 Å². The first-order valence-corrected chi connectivity index (χ1v) is 9.67. The van der Waals surface area contributed by atoms with Crippen LogP contribution in [0.5, 0.6) is 11.5 Å². The predicted octanol–water partition coefficient (Wildman–Crippen LogP) is 3.29. The molecule has 0 bridgehead atoms. The van der Waals surface area contributed by atoms with Crippen molar-refractivity contribution in [1.29, 1.82) is 0 Å². The van der Waals surface area contributed by atoms with Gasteiger partial charge >= 0.3 is 11.8 Å². The molecule has 2 rings (SSSR count). The van der Waals surface area contributed by atoms with Gasteiger partial charge in [-0.3, -0.25) is 9.59 Å². The lowest BCUT2D eigenvalue weighted by molar-refractivity contribution is -0.139. The van der Waals surface area contributed by atoms with E-state index in [0.717, 1.165) is 12.0 Å². The SMILES string of the molecule is CCCNC(=O)C(=O)N/N=C\c1ccc(OCc2ccccc2Cl)c(OCC)c1. The van der Waals surface area contributed by atoms with Crippen molar-refractivity contribution in [3.05, 3.63) is 58.6 Å². The second kappa shape index (κ2) is 11.7. The van der Waals surface area contributed by atoms with Crippen molar-refractivity contribution >= 4 is 29.6 Å². The first kappa shape index (κ1) is 22.2. The van der Waals surface area contributed by atoms with Gasteiger partial charge in [-0.2, -0.15) is 5.10 Å². The summed E-state index contributed by atoms with van der Waals surface area (Å²) < 4.78 is 11.5. The normalized spacial score (nSPS) is 10.6. The van der Waals surface area contributed by atoms with Gasteiger partial charge in [-0.1, -0.05) is 36.7 Å². The number of hydrazone groups is 1. The molecule has 0 aliphatic rings. The van der Waals surface area contributed by atoms with E-state index in [2.05, 4.69) is 15.8 Å². The standard InChI is InChI=1S/C21H24ClN3O4/c1-3-11-23-20(26)21(27)25-24-13-15-9-10-18(19(12-15)28-4-2)29-14-16-7-5-6-8-17(16)22/h5-10,12-13H,3-4,11,14H2,1-2H3,(H,23,26)(H,25,27)/b24-13-. The van der Waals surface area contributed by atoms with Gasteiger partial charge in [-0.05, 0) is 43.2 Å². The molecule has 154 valence electrons. The molecular weight excluding hydrogens is 394 g/mol. The number of amides is 2. The van der Waals surface area contributed by atoms with Gasteiger partial charge < -0.3 is 14.8 Å². The van der Waals surface area contributed by atoms with Crippen molar-refractivity contribution in [2.24, 2.45) is 5.10 Å². The Kier molecular flexibility index (Phi) is 8.98. The topological polar surface area (TPSA) is 89.0 Å². The molecule has 0 atom stereocenters. The molecule has 0 radical (unpaired) electrons. The molecule has 0 unspecified atom stereocenters. The van der Waals surface area contributed by atoms with Crippen LogP contribution in [0.3, 0.4) is 0 Å². The van der Waals surface area contributed by atoms with E-state index in [1.54, 1.807) is 24.3 Å². The number of rotatable bonds is 9. The Hall–Kier alpha value is -3.06. The molecule has 2 aromatic rings. The minimum absolute atomic E-state index is 0.302. The fourth-order valence-corrected chi connectivity index (χ4v) is 2.49. The number of nitrogens with one attached hydrogen (secondary N) is 2. The maximum Gasteiger partial charge on any atom is 0.329 e. The summed E-state index contributed by atoms with van der Waals surface area (Å²) in [6, 6.07) is 12.7. The van der Waals surface area contributed by atoms with Gasteiger partial charge in [0.05, 0.1) is 12.8 Å². The van der Waals surface area contributed by atoms with Crippen LogP contribution in [0, 0.1) is 0 Å². The molecule has 0 fully saturated rings. The van der Waals surface area contributed by atoms with Crippen molar-refractivity contribution in [3.63, 3.8) is 0 Å². The highest BCUT2D eigenvalue weighted by atomic mass is 35.5. The summed E-state index contributed by atoms with van der Waals surface area (Å²) in [5.41, 5.74) is 3.73. The zero-order valence-electron chi connectivity index (χ0n) is 16.4. The highest BCUT2D eigenvalue weighted by molar-refractivity contribution is 6.35. The second-order valence-electron chi connectivity index (χ2n) is 5.97. The Bertz CT molecular complexity index is 871. The smallest absolute Gasteiger partial charge is 0.329 e. The van der Waals surface area contributed by atoms with Gasteiger partial charge in [-0.25, -0.2) is 5.43 Å². The molecule has 0 saturated heterocycles. The van der Waals surface area contributed by atoms with Gasteiger partial charge in [0, 0.05) is 17.1 Å². The van der Waals surface area contributed by atoms with Crippen molar-refractivity contribution in [3.8, 4) is 11.5 Å². The summed E-state index contributed by atoms with van der Waals surface area (Å²) in [6.07, 6.45) is 2.17. The van der Waals surface area contributed by atoms with Crippen LogP contribution in [0.2, 0.25) is 5.02 Å². The van der Waals surface area contributed by atoms with Crippen LogP contribution in [0.1, 0.15) is 31.4 Å².